The van der Waals surface area contributed by atoms with Crippen molar-refractivity contribution in [2.24, 2.45) is 0 Å². The van der Waals surface area contributed by atoms with Crippen molar-refractivity contribution in [2.45, 2.75) is 59.2 Å². The molecule has 1 N–H and O–H groups in total. The van der Waals surface area contributed by atoms with Crippen molar-refractivity contribution in [2.75, 3.05) is 20.6 Å². The Balaban J connectivity index is 0.00000392. The van der Waals surface area contributed by atoms with Crippen molar-refractivity contribution in [1.29, 1.82) is 0 Å². The number of likely N-dealkylation sites (N-methyl/N-ethyl adjacent to an activating group) is 1. The molecule has 0 unspecified atom stereocenters. The van der Waals surface area contributed by atoms with Gasteiger partial charge in [0.15, 0.2) is 0 Å². The van der Waals surface area contributed by atoms with Gasteiger partial charge in [-0.15, -0.1) is 12.4 Å². The van der Waals surface area contributed by atoms with Crippen LogP contribution in [0.5, 0.6) is 5.75 Å². The molecule has 2 rings (SSSR count). The third kappa shape index (κ3) is 7.41. The van der Waals surface area contributed by atoms with Crippen LogP contribution in [0, 0.1) is 0 Å². The number of benzene rings is 1. The van der Waals surface area contributed by atoms with Crippen LogP contribution in [0.4, 0.5) is 0 Å². The smallest absolute Gasteiger partial charge is 0.403 e. The second kappa shape index (κ2) is 9.19. The summed E-state index contributed by atoms with van der Waals surface area (Å²) >= 11 is 0. The van der Waals surface area contributed by atoms with Crippen LogP contribution >= 0.6 is 20.2 Å². The first-order chi connectivity index (χ1) is 12.3. The second-order valence-corrected chi connectivity index (χ2v) is 10.4. The molecule has 0 spiro atoms. The number of aromatic amines is 1. The van der Waals surface area contributed by atoms with Crippen LogP contribution in [-0.2, 0) is 20.0 Å². The SMILES string of the molecule is CN(C)CCc1c[nH]c2cccc(OP(=O)(OC(C)(C)C)OC(C)(C)C)c12.Cl. The van der Waals surface area contributed by atoms with Crippen LogP contribution in [0.25, 0.3) is 10.9 Å². The predicted octanol–water partition coefficient (Wildman–Crippen LogP) is 5.81. The van der Waals surface area contributed by atoms with Gasteiger partial charge in [0.05, 0.1) is 11.2 Å². The minimum absolute atomic E-state index is 0. The van der Waals surface area contributed by atoms with E-state index in [-0.39, 0.29) is 12.4 Å². The fraction of sp³-hybridized carbons (Fsp3) is 0.600. The lowest BCUT2D eigenvalue weighted by Gasteiger charge is -2.31. The first-order valence-corrected chi connectivity index (χ1v) is 10.7. The number of halogens is 1. The summed E-state index contributed by atoms with van der Waals surface area (Å²) in [5.74, 6) is 0.499. The first-order valence-electron chi connectivity index (χ1n) is 9.23. The number of nitrogens with zero attached hydrogens (tertiary/aromatic N) is 1. The Hall–Kier alpha value is -1.04. The van der Waals surface area contributed by atoms with Gasteiger partial charge in [0.25, 0.3) is 0 Å². The maximum Gasteiger partial charge on any atom is 0.531 e. The molecule has 28 heavy (non-hydrogen) atoms. The molecule has 1 heterocycles. The summed E-state index contributed by atoms with van der Waals surface area (Å²) in [7, 11) is 0.227. The summed E-state index contributed by atoms with van der Waals surface area (Å²) in [5.41, 5.74) is 0.674. The van der Waals surface area contributed by atoms with E-state index in [1.54, 1.807) is 6.07 Å². The number of phosphoric ester groups is 1. The van der Waals surface area contributed by atoms with Crippen molar-refractivity contribution in [3.63, 3.8) is 0 Å². The molecule has 0 saturated heterocycles. The van der Waals surface area contributed by atoms with Crippen molar-refractivity contribution < 1.29 is 18.1 Å². The molecule has 8 heteroatoms. The number of fused-ring (bicyclic) bond motifs is 1. The zero-order valence-corrected chi connectivity index (χ0v) is 19.9. The Morgan fingerprint density at radius 2 is 1.61 bits per heavy atom. The van der Waals surface area contributed by atoms with Gasteiger partial charge in [-0.25, -0.2) is 4.57 Å². The second-order valence-electron chi connectivity index (χ2n) is 8.99. The van der Waals surface area contributed by atoms with Gasteiger partial charge in [0.1, 0.15) is 5.75 Å². The standard InChI is InChI=1S/C20H33N2O4P.ClH/c1-19(2,3)25-27(23,26-20(4,5)6)24-17-11-9-10-16-18(17)15(14-21-16)12-13-22(7)8;/h9-11,14,21H,12-13H2,1-8H3;1H. The van der Waals surface area contributed by atoms with E-state index in [4.69, 9.17) is 13.6 Å². The van der Waals surface area contributed by atoms with E-state index >= 15 is 0 Å². The van der Waals surface area contributed by atoms with Gasteiger partial charge < -0.3 is 14.4 Å². The van der Waals surface area contributed by atoms with Gasteiger partial charge in [-0.3, -0.25) is 9.05 Å². The Labute approximate surface area is 175 Å². The molecule has 2 aromatic rings. The summed E-state index contributed by atoms with van der Waals surface area (Å²) < 4.78 is 30.9. The molecule has 1 aromatic carbocycles. The molecule has 6 nitrogen and oxygen atoms in total. The van der Waals surface area contributed by atoms with Crippen LogP contribution in [0.3, 0.4) is 0 Å². The number of rotatable bonds is 7. The van der Waals surface area contributed by atoms with Crippen molar-refractivity contribution in [3.05, 3.63) is 30.0 Å². The van der Waals surface area contributed by atoms with E-state index < -0.39 is 19.0 Å². The highest BCUT2D eigenvalue weighted by Gasteiger charge is 2.39. The van der Waals surface area contributed by atoms with Gasteiger partial charge in [-0.05, 0) is 79.8 Å². The fourth-order valence-electron chi connectivity index (χ4n) is 2.68. The van der Waals surface area contributed by atoms with Crippen LogP contribution in [0.2, 0.25) is 0 Å². The highest BCUT2D eigenvalue weighted by molar-refractivity contribution is 7.49. The molecule has 0 aliphatic carbocycles. The molecule has 0 fully saturated rings. The lowest BCUT2D eigenvalue weighted by atomic mass is 10.1. The number of nitrogens with one attached hydrogen (secondary N) is 1. The summed E-state index contributed by atoms with van der Waals surface area (Å²) in [6.45, 7) is 11.9. The Morgan fingerprint density at radius 1 is 1.04 bits per heavy atom. The van der Waals surface area contributed by atoms with E-state index in [9.17, 15) is 4.57 Å². The fourth-order valence-corrected chi connectivity index (χ4v) is 4.53. The molecule has 1 aromatic heterocycles. The average molecular weight is 433 g/mol. The molecule has 0 aliphatic rings. The zero-order chi connectivity index (χ0) is 20.5. The summed E-state index contributed by atoms with van der Waals surface area (Å²) in [6.07, 6.45) is 2.82. The van der Waals surface area contributed by atoms with Crippen LogP contribution in [0.1, 0.15) is 47.1 Å². The minimum Gasteiger partial charge on any atom is -0.403 e. The summed E-state index contributed by atoms with van der Waals surface area (Å²) in [6, 6.07) is 5.64. The van der Waals surface area contributed by atoms with Gasteiger partial charge in [-0.1, -0.05) is 6.07 Å². The zero-order valence-electron chi connectivity index (χ0n) is 18.2. The van der Waals surface area contributed by atoms with Gasteiger partial charge in [-0.2, -0.15) is 0 Å². The number of hydrogen-bond donors (Lipinski definition) is 1. The van der Waals surface area contributed by atoms with E-state index in [1.165, 1.54) is 0 Å². The normalized spacial score (nSPS) is 13.0. The maximum absolute atomic E-state index is 13.5. The van der Waals surface area contributed by atoms with E-state index in [0.717, 1.165) is 29.4 Å². The topological polar surface area (TPSA) is 63.8 Å². The van der Waals surface area contributed by atoms with Gasteiger partial charge in [0.2, 0.25) is 0 Å². The van der Waals surface area contributed by atoms with Crippen molar-refractivity contribution in [3.8, 4) is 5.75 Å². The largest absolute Gasteiger partial charge is 0.531 e. The number of hydrogen-bond acceptors (Lipinski definition) is 5. The number of H-pyrrole nitrogens is 1. The molecular formula is C20H34ClN2O4P. The third-order valence-electron chi connectivity index (χ3n) is 3.56. The summed E-state index contributed by atoms with van der Waals surface area (Å²) in [4.78, 5) is 5.39. The lowest BCUT2D eigenvalue weighted by molar-refractivity contribution is 0.0226. The van der Waals surface area contributed by atoms with E-state index in [1.807, 2.05) is 74.0 Å². The molecule has 0 radical (unpaired) electrons. The predicted molar refractivity (Wildman–Crippen MR) is 118 cm³/mol. The van der Waals surface area contributed by atoms with Gasteiger partial charge >= 0.3 is 7.82 Å². The molecule has 0 saturated carbocycles. The van der Waals surface area contributed by atoms with Gasteiger partial charge in [0, 0.05) is 23.6 Å². The Kier molecular flexibility index (Phi) is 8.20. The Morgan fingerprint density at radius 3 is 2.11 bits per heavy atom. The maximum atomic E-state index is 13.5. The molecule has 0 amide bonds. The minimum atomic E-state index is -3.85. The molecule has 0 bridgehead atoms. The van der Waals surface area contributed by atoms with E-state index in [0.29, 0.717) is 5.75 Å². The van der Waals surface area contributed by atoms with Crippen molar-refractivity contribution in [1.82, 2.24) is 9.88 Å². The highest BCUT2D eigenvalue weighted by Crippen LogP contribution is 2.56. The number of phosphoric acid groups is 1. The van der Waals surface area contributed by atoms with Crippen LogP contribution in [-0.4, -0.2) is 41.7 Å². The quantitative estimate of drug-likeness (QED) is 0.559. The Bertz CT molecular complexity index is 802. The molecule has 0 atom stereocenters. The summed E-state index contributed by atoms with van der Waals surface area (Å²) in [5, 5.41) is 0.912. The van der Waals surface area contributed by atoms with Crippen molar-refractivity contribution >= 4 is 31.1 Å². The molecular weight excluding hydrogens is 399 g/mol. The number of aromatic nitrogens is 1. The highest BCUT2D eigenvalue weighted by atomic mass is 35.5. The van der Waals surface area contributed by atoms with Crippen LogP contribution in [0.15, 0.2) is 24.4 Å². The lowest BCUT2D eigenvalue weighted by Crippen LogP contribution is -2.25. The molecule has 160 valence electrons. The average Bonchev–Trinajstić information content (AvgIpc) is 2.84. The van der Waals surface area contributed by atoms with Crippen LogP contribution < -0.4 is 4.52 Å². The first kappa shape index (κ1) is 25.0. The molecule has 0 aliphatic heterocycles. The van der Waals surface area contributed by atoms with E-state index in [2.05, 4.69) is 9.88 Å². The third-order valence-corrected chi connectivity index (χ3v) is 5.52. The monoisotopic (exact) mass is 432 g/mol.